The summed E-state index contributed by atoms with van der Waals surface area (Å²) in [5.41, 5.74) is 1.20. The number of ketones is 1. The number of aliphatic hydroxyl groups is 1. The maximum atomic E-state index is 13.4. The lowest BCUT2D eigenvalue weighted by Gasteiger charge is -2.29. The topological polar surface area (TPSA) is 97.8 Å². The standard InChI is InChI=1S/C29H34N2O7/c1-2-14-36-22-7-4-20(5-8-22)26-25(27(32)21-6-9-23-24(19-21)38-18-17-37-23)28(33)29(34)31(26)11-3-10-30-12-15-35-16-13-30/h4-9,19,26,32H,2-3,10-18H2,1H3/b27-25+. The van der Waals surface area contributed by atoms with E-state index in [2.05, 4.69) is 4.90 Å². The van der Waals surface area contributed by atoms with Crippen LogP contribution in [0.2, 0.25) is 0 Å². The average Bonchev–Trinajstić information content (AvgIpc) is 3.21. The fourth-order valence-electron chi connectivity index (χ4n) is 5.06. The van der Waals surface area contributed by atoms with Gasteiger partial charge in [-0.3, -0.25) is 14.5 Å². The van der Waals surface area contributed by atoms with E-state index >= 15 is 0 Å². The first-order valence-electron chi connectivity index (χ1n) is 13.3. The summed E-state index contributed by atoms with van der Waals surface area (Å²) in [5.74, 6) is 0.256. The van der Waals surface area contributed by atoms with Crippen molar-refractivity contribution in [2.24, 2.45) is 0 Å². The lowest BCUT2D eigenvalue weighted by molar-refractivity contribution is -0.140. The Balaban J connectivity index is 1.47. The van der Waals surface area contributed by atoms with Gasteiger partial charge in [-0.05, 0) is 48.7 Å². The molecule has 0 bridgehead atoms. The number of likely N-dealkylation sites (tertiary alicyclic amines) is 1. The lowest BCUT2D eigenvalue weighted by atomic mass is 9.95. The van der Waals surface area contributed by atoms with Crippen molar-refractivity contribution in [2.45, 2.75) is 25.8 Å². The van der Waals surface area contributed by atoms with Gasteiger partial charge in [0.2, 0.25) is 0 Å². The molecule has 5 rings (SSSR count). The van der Waals surface area contributed by atoms with E-state index in [1.807, 2.05) is 31.2 Å². The zero-order valence-electron chi connectivity index (χ0n) is 21.7. The van der Waals surface area contributed by atoms with Gasteiger partial charge in [-0.1, -0.05) is 19.1 Å². The minimum absolute atomic E-state index is 0.0697. The molecule has 0 saturated carbocycles. The molecule has 0 spiro atoms. The summed E-state index contributed by atoms with van der Waals surface area (Å²) >= 11 is 0. The molecule has 1 N–H and O–H groups in total. The quantitative estimate of drug-likeness (QED) is 0.304. The van der Waals surface area contributed by atoms with E-state index in [1.54, 1.807) is 23.1 Å². The molecule has 0 radical (unpaired) electrons. The molecule has 2 fully saturated rings. The second-order valence-electron chi connectivity index (χ2n) is 9.58. The molecule has 9 nitrogen and oxygen atoms in total. The zero-order chi connectivity index (χ0) is 26.5. The number of carbonyl (C=O) groups excluding carboxylic acids is 2. The number of rotatable bonds is 9. The van der Waals surface area contributed by atoms with Crippen molar-refractivity contribution in [1.29, 1.82) is 0 Å². The number of fused-ring (bicyclic) bond motifs is 1. The summed E-state index contributed by atoms with van der Waals surface area (Å²) in [4.78, 5) is 30.5. The van der Waals surface area contributed by atoms with Crippen LogP contribution in [0.3, 0.4) is 0 Å². The lowest BCUT2D eigenvalue weighted by Crippen LogP contribution is -2.38. The van der Waals surface area contributed by atoms with E-state index in [4.69, 9.17) is 18.9 Å². The van der Waals surface area contributed by atoms with Gasteiger partial charge in [0.05, 0.1) is 31.4 Å². The van der Waals surface area contributed by atoms with Crippen LogP contribution in [-0.2, 0) is 14.3 Å². The van der Waals surface area contributed by atoms with Crippen molar-refractivity contribution in [3.63, 3.8) is 0 Å². The molecule has 2 aromatic rings. The molecule has 1 atom stereocenters. The molecule has 202 valence electrons. The molecule has 1 amide bonds. The van der Waals surface area contributed by atoms with Gasteiger partial charge in [-0.25, -0.2) is 0 Å². The van der Waals surface area contributed by atoms with Crippen LogP contribution in [0.4, 0.5) is 0 Å². The molecule has 9 heteroatoms. The molecule has 2 aromatic carbocycles. The van der Waals surface area contributed by atoms with Gasteiger partial charge in [0, 0.05) is 31.7 Å². The summed E-state index contributed by atoms with van der Waals surface area (Å²) in [5, 5.41) is 11.4. The Morgan fingerprint density at radius 3 is 2.45 bits per heavy atom. The van der Waals surface area contributed by atoms with Crippen molar-refractivity contribution >= 4 is 17.4 Å². The molecular weight excluding hydrogens is 488 g/mol. The SMILES string of the molecule is CCCOc1ccc(C2/C(=C(\O)c3ccc4c(c3)OCCO4)C(=O)C(=O)N2CCCN2CCOCC2)cc1. The molecule has 1 unspecified atom stereocenters. The first kappa shape index (κ1) is 26.1. The highest BCUT2D eigenvalue weighted by molar-refractivity contribution is 6.46. The third-order valence-corrected chi connectivity index (χ3v) is 7.00. The average molecular weight is 523 g/mol. The minimum atomic E-state index is -0.715. The highest BCUT2D eigenvalue weighted by Gasteiger charge is 2.46. The number of ether oxygens (including phenoxy) is 4. The highest BCUT2D eigenvalue weighted by Crippen LogP contribution is 2.41. The highest BCUT2D eigenvalue weighted by atomic mass is 16.6. The van der Waals surface area contributed by atoms with Crippen LogP contribution in [0.25, 0.3) is 5.76 Å². The van der Waals surface area contributed by atoms with Crippen molar-refractivity contribution in [1.82, 2.24) is 9.80 Å². The maximum absolute atomic E-state index is 13.4. The van der Waals surface area contributed by atoms with E-state index in [1.165, 1.54) is 0 Å². The first-order chi connectivity index (χ1) is 18.6. The number of aliphatic hydroxyl groups excluding tert-OH is 1. The fourth-order valence-corrected chi connectivity index (χ4v) is 5.06. The smallest absolute Gasteiger partial charge is 0.295 e. The van der Waals surface area contributed by atoms with Gasteiger partial charge in [-0.2, -0.15) is 0 Å². The van der Waals surface area contributed by atoms with Gasteiger partial charge >= 0.3 is 0 Å². The summed E-state index contributed by atoms with van der Waals surface area (Å²) < 4.78 is 22.4. The van der Waals surface area contributed by atoms with Gasteiger partial charge < -0.3 is 29.0 Å². The molecule has 2 saturated heterocycles. The van der Waals surface area contributed by atoms with Crippen LogP contribution in [0.15, 0.2) is 48.0 Å². The van der Waals surface area contributed by atoms with Gasteiger partial charge in [-0.15, -0.1) is 0 Å². The van der Waals surface area contributed by atoms with Crippen LogP contribution in [0.1, 0.15) is 36.9 Å². The van der Waals surface area contributed by atoms with Gasteiger partial charge in [0.1, 0.15) is 24.7 Å². The maximum Gasteiger partial charge on any atom is 0.295 e. The summed E-state index contributed by atoms with van der Waals surface area (Å²) in [6.45, 7) is 7.78. The molecular formula is C29H34N2O7. The van der Waals surface area contributed by atoms with Crippen LogP contribution in [0.5, 0.6) is 17.2 Å². The fraction of sp³-hybridized carbons (Fsp3) is 0.448. The Kier molecular flexibility index (Phi) is 8.14. The summed E-state index contributed by atoms with van der Waals surface area (Å²) in [6.07, 6.45) is 1.59. The van der Waals surface area contributed by atoms with E-state index in [-0.39, 0.29) is 11.3 Å². The number of morpholine rings is 1. The molecule has 3 heterocycles. The Morgan fingerprint density at radius 1 is 0.974 bits per heavy atom. The van der Waals surface area contributed by atoms with Crippen LogP contribution < -0.4 is 14.2 Å². The number of nitrogens with zero attached hydrogens (tertiary/aromatic N) is 2. The molecule has 3 aliphatic heterocycles. The van der Waals surface area contributed by atoms with E-state index < -0.39 is 17.7 Å². The second kappa shape index (κ2) is 11.9. The van der Waals surface area contributed by atoms with E-state index in [0.717, 1.165) is 31.6 Å². The summed E-state index contributed by atoms with van der Waals surface area (Å²) in [6, 6.07) is 11.7. The number of carbonyl (C=O) groups is 2. The van der Waals surface area contributed by atoms with Crippen molar-refractivity contribution in [2.75, 3.05) is 59.2 Å². The van der Waals surface area contributed by atoms with Crippen molar-refractivity contribution in [3.8, 4) is 17.2 Å². The summed E-state index contributed by atoms with van der Waals surface area (Å²) in [7, 11) is 0. The Labute approximate surface area is 222 Å². The van der Waals surface area contributed by atoms with Crippen LogP contribution in [0, 0.1) is 0 Å². The largest absolute Gasteiger partial charge is 0.507 e. The normalized spacial score (nSPS) is 21.1. The monoisotopic (exact) mass is 522 g/mol. The second-order valence-corrected chi connectivity index (χ2v) is 9.58. The Bertz CT molecular complexity index is 1190. The third-order valence-electron chi connectivity index (χ3n) is 7.00. The number of hydrogen-bond donors (Lipinski definition) is 1. The van der Waals surface area contributed by atoms with Gasteiger partial charge in [0.25, 0.3) is 11.7 Å². The minimum Gasteiger partial charge on any atom is -0.507 e. The number of benzene rings is 2. The zero-order valence-corrected chi connectivity index (χ0v) is 21.7. The number of amides is 1. The molecule has 0 aliphatic carbocycles. The van der Waals surface area contributed by atoms with Crippen molar-refractivity contribution < 1.29 is 33.6 Å². The third kappa shape index (κ3) is 5.49. The Morgan fingerprint density at radius 2 is 1.71 bits per heavy atom. The van der Waals surface area contributed by atoms with Crippen LogP contribution in [-0.4, -0.2) is 85.8 Å². The van der Waals surface area contributed by atoms with E-state index in [9.17, 15) is 14.7 Å². The molecule has 0 aromatic heterocycles. The molecule has 3 aliphatic rings. The first-order valence-corrected chi connectivity index (χ1v) is 13.3. The molecule has 38 heavy (non-hydrogen) atoms. The number of hydrogen-bond acceptors (Lipinski definition) is 8. The number of Topliss-reactive ketones (excluding diaryl/α,β-unsaturated/α-hetero) is 1. The predicted molar refractivity (Wildman–Crippen MR) is 141 cm³/mol. The van der Waals surface area contributed by atoms with E-state index in [0.29, 0.717) is 68.8 Å². The van der Waals surface area contributed by atoms with Crippen molar-refractivity contribution in [3.05, 3.63) is 59.2 Å². The predicted octanol–water partition coefficient (Wildman–Crippen LogP) is 3.39. The Hall–Kier alpha value is -3.56. The van der Waals surface area contributed by atoms with Crippen LogP contribution >= 0.6 is 0 Å². The van der Waals surface area contributed by atoms with Gasteiger partial charge in [0.15, 0.2) is 11.5 Å².